The normalized spacial score (nSPS) is 10.4. The largest absolute Gasteiger partial charge is 0.481 e. The van der Waals surface area contributed by atoms with Gasteiger partial charge in [0.05, 0.1) is 18.2 Å². The lowest BCUT2D eigenvalue weighted by Crippen LogP contribution is -2.10. The van der Waals surface area contributed by atoms with Crippen LogP contribution in [0.1, 0.15) is 25.4 Å². The van der Waals surface area contributed by atoms with E-state index in [1.54, 1.807) is 13.0 Å². The Morgan fingerprint density at radius 3 is 2.73 bits per heavy atom. The quantitative estimate of drug-likeness (QED) is 0.808. The Morgan fingerprint density at radius 1 is 1.53 bits per heavy atom. The van der Waals surface area contributed by atoms with E-state index >= 15 is 0 Å². The Labute approximate surface area is 88.1 Å². The van der Waals surface area contributed by atoms with Crippen LogP contribution in [0.2, 0.25) is 0 Å². The van der Waals surface area contributed by atoms with E-state index in [1.165, 1.54) is 0 Å². The van der Waals surface area contributed by atoms with Crippen molar-refractivity contribution < 1.29 is 14.6 Å². The van der Waals surface area contributed by atoms with Crippen LogP contribution in [-0.2, 0) is 11.2 Å². The van der Waals surface area contributed by atoms with Crippen molar-refractivity contribution in [3.05, 3.63) is 17.6 Å². The van der Waals surface area contributed by atoms with Gasteiger partial charge in [0.2, 0.25) is 5.88 Å². The Kier molecular flexibility index (Phi) is 3.60. The maximum Gasteiger partial charge on any atom is 0.309 e. The summed E-state index contributed by atoms with van der Waals surface area (Å²) < 4.78 is 5.37. The maximum absolute atomic E-state index is 10.5. The lowest BCUT2D eigenvalue weighted by molar-refractivity contribution is -0.136. The summed E-state index contributed by atoms with van der Waals surface area (Å²) in [5, 5.41) is 8.63. The summed E-state index contributed by atoms with van der Waals surface area (Å²) in [4.78, 5) is 18.6. The predicted molar refractivity (Wildman–Crippen MR) is 53.9 cm³/mol. The first-order valence-corrected chi connectivity index (χ1v) is 4.70. The van der Waals surface area contributed by atoms with Crippen molar-refractivity contribution in [2.24, 2.45) is 0 Å². The molecule has 1 N–H and O–H groups in total. The number of carboxylic acid groups (broad SMARTS) is 1. The summed E-state index contributed by atoms with van der Waals surface area (Å²) in [7, 11) is 0. The molecule has 82 valence electrons. The molecule has 1 heterocycles. The first-order chi connectivity index (χ1) is 6.97. The first kappa shape index (κ1) is 11.4. The van der Waals surface area contributed by atoms with Gasteiger partial charge in [0, 0.05) is 6.07 Å². The van der Waals surface area contributed by atoms with Crippen LogP contribution in [0.3, 0.4) is 0 Å². The molecule has 5 nitrogen and oxygen atoms in total. The van der Waals surface area contributed by atoms with Gasteiger partial charge in [-0.05, 0) is 20.8 Å². The van der Waals surface area contributed by atoms with Crippen LogP contribution in [0.5, 0.6) is 5.88 Å². The van der Waals surface area contributed by atoms with E-state index < -0.39 is 5.97 Å². The van der Waals surface area contributed by atoms with Crippen LogP contribution in [0.25, 0.3) is 0 Å². The zero-order chi connectivity index (χ0) is 11.4. The summed E-state index contributed by atoms with van der Waals surface area (Å²) in [5.74, 6) is 0.0294. The molecule has 0 aliphatic rings. The second kappa shape index (κ2) is 4.72. The minimum absolute atomic E-state index is 0.0111. The van der Waals surface area contributed by atoms with Crippen LogP contribution in [0, 0.1) is 6.92 Å². The number of carbonyl (C=O) groups is 1. The number of ether oxygens (including phenoxy) is 1. The Morgan fingerprint density at radius 2 is 2.20 bits per heavy atom. The number of rotatable bonds is 4. The second-order valence-electron chi connectivity index (χ2n) is 3.48. The highest BCUT2D eigenvalue weighted by atomic mass is 16.5. The molecule has 0 radical (unpaired) electrons. The molecule has 1 rings (SSSR count). The molecule has 0 spiro atoms. The van der Waals surface area contributed by atoms with Gasteiger partial charge < -0.3 is 9.84 Å². The monoisotopic (exact) mass is 210 g/mol. The van der Waals surface area contributed by atoms with Crippen molar-refractivity contribution in [2.45, 2.75) is 33.3 Å². The molecule has 0 atom stereocenters. The lowest BCUT2D eigenvalue weighted by atomic mass is 10.3. The Hall–Kier alpha value is -1.65. The molecule has 5 heteroatoms. The molecule has 0 fully saturated rings. The minimum Gasteiger partial charge on any atom is -0.481 e. The molecule has 0 aromatic carbocycles. The highest BCUT2D eigenvalue weighted by Crippen LogP contribution is 2.11. The average Bonchev–Trinajstić information content (AvgIpc) is 1.98. The van der Waals surface area contributed by atoms with Crippen LogP contribution in [-0.4, -0.2) is 27.1 Å². The maximum atomic E-state index is 10.5. The third kappa shape index (κ3) is 3.93. The highest BCUT2D eigenvalue weighted by Gasteiger charge is 2.07. The molecule has 0 aliphatic heterocycles. The van der Waals surface area contributed by atoms with E-state index in [9.17, 15) is 4.79 Å². The zero-order valence-electron chi connectivity index (χ0n) is 9.02. The molecule has 15 heavy (non-hydrogen) atoms. The molecule has 0 unspecified atom stereocenters. The van der Waals surface area contributed by atoms with Crippen molar-refractivity contribution in [3.63, 3.8) is 0 Å². The summed E-state index contributed by atoms with van der Waals surface area (Å²) in [5.41, 5.74) is 0.464. The summed E-state index contributed by atoms with van der Waals surface area (Å²) in [6.45, 7) is 5.47. The predicted octanol–water partition coefficient (Wildman–Crippen LogP) is 1.20. The number of aryl methyl sites for hydroxylation is 1. The van der Waals surface area contributed by atoms with Crippen LogP contribution in [0.15, 0.2) is 6.07 Å². The first-order valence-electron chi connectivity index (χ1n) is 4.70. The van der Waals surface area contributed by atoms with Gasteiger partial charge in [0.1, 0.15) is 5.82 Å². The van der Waals surface area contributed by atoms with E-state index in [0.717, 1.165) is 0 Å². The number of hydrogen-bond acceptors (Lipinski definition) is 4. The lowest BCUT2D eigenvalue weighted by Gasteiger charge is -2.09. The fraction of sp³-hybridized carbons (Fsp3) is 0.500. The molecule has 0 bridgehead atoms. The third-order valence-electron chi connectivity index (χ3n) is 1.56. The van der Waals surface area contributed by atoms with E-state index in [1.807, 2.05) is 13.8 Å². The van der Waals surface area contributed by atoms with Crippen molar-refractivity contribution in [1.82, 2.24) is 9.97 Å². The van der Waals surface area contributed by atoms with Crippen molar-refractivity contribution >= 4 is 5.97 Å². The summed E-state index contributed by atoms with van der Waals surface area (Å²) in [6.07, 6.45) is -0.102. The minimum atomic E-state index is -0.913. The third-order valence-corrected chi connectivity index (χ3v) is 1.56. The second-order valence-corrected chi connectivity index (χ2v) is 3.48. The fourth-order valence-corrected chi connectivity index (χ4v) is 1.15. The van der Waals surface area contributed by atoms with Gasteiger partial charge in [-0.1, -0.05) is 0 Å². The number of nitrogens with zero attached hydrogens (tertiary/aromatic N) is 2. The number of aromatic nitrogens is 2. The number of aliphatic carboxylic acids is 1. The molecule has 0 saturated heterocycles. The molecule has 0 amide bonds. The van der Waals surface area contributed by atoms with E-state index in [4.69, 9.17) is 9.84 Å². The van der Waals surface area contributed by atoms with Gasteiger partial charge in [-0.3, -0.25) is 4.79 Å². The summed E-state index contributed by atoms with van der Waals surface area (Å²) >= 11 is 0. The van der Waals surface area contributed by atoms with Gasteiger partial charge in [-0.2, -0.15) is 4.98 Å². The molecule has 1 aromatic rings. The number of carboxylic acids is 1. The van der Waals surface area contributed by atoms with E-state index in [2.05, 4.69) is 9.97 Å². The van der Waals surface area contributed by atoms with E-state index in [0.29, 0.717) is 17.4 Å². The average molecular weight is 210 g/mol. The standard InChI is InChI=1S/C10H14N2O3/c1-6(2)15-9-4-8(5-10(13)14)11-7(3)12-9/h4,6H,5H2,1-3H3,(H,13,14). The van der Waals surface area contributed by atoms with Gasteiger partial charge in [-0.15, -0.1) is 0 Å². The van der Waals surface area contributed by atoms with Gasteiger partial charge in [0.25, 0.3) is 0 Å². The molecular weight excluding hydrogens is 196 g/mol. The molecular formula is C10H14N2O3. The summed E-state index contributed by atoms with van der Waals surface area (Å²) in [6, 6.07) is 1.56. The fourth-order valence-electron chi connectivity index (χ4n) is 1.15. The van der Waals surface area contributed by atoms with Gasteiger partial charge >= 0.3 is 5.97 Å². The van der Waals surface area contributed by atoms with E-state index in [-0.39, 0.29) is 12.5 Å². The Bertz CT molecular complexity index is 364. The van der Waals surface area contributed by atoms with Crippen molar-refractivity contribution in [2.75, 3.05) is 0 Å². The molecule has 0 saturated carbocycles. The van der Waals surface area contributed by atoms with Crippen LogP contribution < -0.4 is 4.74 Å². The van der Waals surface area contributed by atoms with Crippen molar-refractivity contribution in [3.8, 4) is 5.88 Å². The highest BCUT2D eigenvalue weighted by molar-refractivity contribution is 5.69. The molecule has 0 aliphatic carbocycles. The smallest absolute Gasteiger partial charge is 0.309 e. The Balaban J connectivity index is 2.89. The topological polar surface area (TPSA) is 72.3 Å². The van der Waals surface area contributed by atoms with Crippen molar-refractivity contribution in [1.29, 1.82) is 0 Å². The zero-order valence-corrected chi connectivity index (χ0v) is 9.02. The number of hydrogen-bond donors (Lipinski definition) is 1. The SMILES string of the molecule is Cc1nc(CC(=O)O)cc(OC(C)C)n1. The van der Waals surface area contributed by atoms with Crippen LogP contribution >= 0.6 is 0 Å². The molecule has 1 aromatic heterocycles. The van der Waals surface area contributed by atoms with Gasteiger partial charge in [0.15, 0.2) is 0 Å². The van der Waals surface area contributed by atoms with Crippen LogP contribution in [0.4, 0.5) is 0 Å². The van der Waals surface area contributed by atoms with Gasteiger partial charge in [-0.25, -0.2) is 4.98 Å².